The van der Waals surface area contributed by atoms with E-state index in [4.69, 9.17) is 0 Å². The van der Waals surface area contributed by atoms with Gasteiger partial charge in [0.15, 0.2) is 0 Å². The third-order valence-electron chi connectivity index (χ3n) is 5.25. The smallest absolute Gasteiger partial charge is 0.268 e. The van der Waals surface area contributed by atoms with Crippen molar-refractivity contribution in [3.8, 4) is 0 Å². The van der Waals surface area contributed by atoms with E-state index in [1.807, 2.05) is 18.2 Å². The molecule has 3 amide bonds. The normalized spacial score (nSPS) is 13.0. The predicted molar refractivity (Wildman–Crippen MR) is 122 cm³/mol. The number of hydrogen-bond donors (Lipinski definition) is 1. The van der Waals surface area contributed by atoms with Crippen molar-refractivity contribution in [1.29, 1.82) is 0 Å². The van der Waals surface area contributed by atoms with E-state index < -0.39 is 11.8 Å². The predicted octanol–water partition coefficient (Wildman–Crippen LogP) is 3.74. The molecule has 0 radical (unpaired) electrons. The zero-order valence-electron chi connectivity index (χ0n) is 16.8. The van der Waals surface area contributed by atoms with Crippen LogP contribution >= 0.6 is 11.3 Å². The van der Waals surface area contributed by atoms with Gasteiger partial charge >= 0.3 is 0 Å². The van der Waals surface area contributed by atoms with Crippen LogP contribution in [0.15, 0.2) is 72.8 Å². The maximum absolute atomic E-state index is 13.2. The average molecular weight is 443 g/mol. The molecule has 1 aromatic heterocycles. The molecule has 158 valence electrons. The number of nitrogens with zero attached hydrogens (tertiary/aromatic N) is 3. The topological polar surface area (TPSA) is 90.8 Å². The highest BCUT2D eigenvalue weighted by molar-refractivity contribution is 7.22. The number of thiazole rings is 1. The van der Waals surface area contributed by atoms with Crippen molar-refractivity contribution in [1.82, 2.24) is 4.98 Å². The monoisotopic (exact) mass is 443 g/mol. The Morgan fingerprint density at radius 1 is 0.938 bits per heavy atom. The summed E-state index contributed by atoms with van der Waals surface area (Å²) in [6, 6.07) is 20.9. The van der Waals surface area contributed by atoms with E-state index >= 15 is 0 Å². The summed E-state index contributed by atoms with van der Waals surface area (Å²) in [6.07, 6.45) is 0. The number of imide groups is 1. The number of aromatic nitrogens is 1. The van der Waals surface area contributed by atoms with E-state index in [2.05, 4.69) is 4.98 Å². The van der Waals surface area contributed by atoms with Gasteiger partial charge in [-0.05, 0) is 42.5 Å². The molecule has 2 heterocycles. The number of benzene rings is 3. The van der Waals surface area contributed by atoms with Gasteiger partial charge in [-0.3, -0.25) is 14.4 Å². The van der Waals surface area contributed by atoms with Crippen molar-refractivity contribution in [3.05, 3.63) is 89.5 Å². The molecule has 32 heavy (non-hydrogen) atoms. The second kappa shape index (κ2) is 7.99. The maximum Gasteiger partial charge on any atom is 0.268 e. The zero-order chi connectivity index (χ0) is 22.2. The number of para-hydroxylation sites is 1. The fourth-order valence-electron chi connectivity index (χ4n) is 3.72. The van der Waals surface area contributed by atoms with E-state index in [1.54, 1.807) is 54.6 Å². The molecule has 0 saturated carbocycles. The van der Waals surface area contributed by atoms with E-state index in [0.29, 0.717) is 32.6 Å². The number of carbonyl (C=O) groups is 3. The number of hydrogen-bond acceptors (Lipinski definition) is 6. The largest absolute Gasteiger partial charge is 0.395 e. The molecule has 4 aromatic rings. The van der Waals surface area contributed by atoms with Crippen molar-refractivity contribution >= 4 is 50.1 Å². The zero-order valence-corrected chi connectivity index (χ0v) is 17.6. The minimum absolute atomic E-state index is 0.157. The van der Waals surface area contributed by atoms with Crippen molar-refractivity contribution < 1.29 is 19.5 Å². The molecule has 0 fully saturated rings. The van der Waals surface area contributed by atoms with Crippen LogP contribution in [-0.4, -0.2) is 41.0 Å². The Balaban J connectivity index is 1.49. The molecule has 1 N–H and O–H groups in total. The Labute approximate surface area is 187 Å². The first-order valence-electron chi connectivity index (χ1n) is 9.94. The highest BCUT2D eigenvalue weighted by atomic mass is 32.1. The molecule has 0 spiro atoms. The lowest BCUT2D eigenvalue weighted by Crippen LogP contribution is -2.33. The SMILES string of the molecule is O=C(c1ccc2nc(N3C(=O)c4ccccc4C3=O)sc2c1)N(CCO)c1ccccc1. The third kappa shape index (κ3) is 3.26. The number of aliphatic hydroxyl groups is 1. The fourth-order valence-corrected chi connectivity index (χ4v) is 4.72. The molecule has 0 unspecified atom stereocenters. The molecule has 0 aliphatic carbocycles. The molecular weight excluding hydrogens is 426 g/mol. The lowest BCUT2D eigenvalue weighted by molar-refractivity contribution is 0.0924. The highest BCUT2D eigenvalue weighted by Gasteiger charge is 2.38. The molecule has 0 saturated heterocycles. The molecule has 5 rings (SSSR count). The summed E-state index contributed by atoms with van der Waals surface area (Å²) in [5.41, 5.74) is 2.41. The van der Waals surface area contributed by atoms with Crippen LogP contribution in [0.5, 0.6) is 0 Å². The van der Waals surface area contributed by atoms with Gasteiger partial charge in [0.1, 0.15) is 0 Å². The lowest BCUT2D eigenvalue weighted by Gasteiger charge is -2.22. The Morgan fingerprint density at radius 3 is 2.25 bits per heavy atom. The molecule has 1 aliphatic heterocycles. The third-order valence-corrected chi connectivity index (χ3v) is 6.25. The Morgan fingerprint density at radius 2 is 1.59 bits per heavy atom. The second-order valence-corrected chi connectivity index (χ2v) is 8.20. The first-order valence-corrected chi connectivity index (χ1v) is 10.8. The van der Waals surface area contributed by atoms with E-state index in [9.17, 15) is 19.5 Å². The average Bonchev–Trinajstić information content (AvgIpc) is 3.35. The van der Waals surface area contributed by atoms with Gasteiger partial charge in [-0.15, -0.1) is 0 Å². The number of carbonyl (C=O) groups excluding carboxylic acids is 3. The van der Waals surface area contributed by atoms with Crippen molar-refractivity contribution in [3.63, 3.8) is 0 Å². The molecule has 3 aromatic carbocycles. The Hall–Kier alpha value is -3.88. The number of rotatable bonds is 5. The van der Waals surface area contributed by atoms with Crippen LogP contribution in [0.2, 0.25) is 0 Å². The van der Waals surface area contributed by atoms with E-state index in [1.165, 1.54) is 16.2 Å². The number of aliphatic hydroxyl groups excluding tert-OH is 1. The van der Waals surface area contributed by atoms with Gasteiger partial charge in [-0.2, -0.15) is 0 Å². The van der Waals surface area contributed by atoms with Gasteiger partial charge in [0, 0.05) is 17.8 Å². The van der Waals surface area contributed by atoms with Gasteiger partial charge in [0.25, 0.3) is 17.7 Å². The summed E-state index contributed by atoms with van der Waals surface area (Å²) in [5.74, 6) is -1.07. The molecule has 0 atom stereocenters. The summed E-state index contributed by atoms with van der Waals surface area (Å²) >= 11 is 1.18. The Bertz CT molecular complexity index is 1330. The lowest BCUT2D eigenvalue weighted by atomic mass is 10.1. The minimum atomic E-state index is -0.404. The molecule has 0 bridgehead atoms. The summed E-state index contributed by atoms with van der Waals surface area (Å²) in [5, 5.41) is 9.71. The fraction of sp³-hybridized carbons (Fsp3) is 0.0833. The Kier molecular flexibility index (Phi) is 5.01. The molecule has 8 heteroatoms. The first kappa shape index (κ1) is 20.0. The highest BCUT2D eigenvalue weighted by Crippen LogP contribution is 2.35. The molecular formula is C24H17N3O4S. The first-order chi connectivity index (χ1) is 15.6. The number of amides is 3. The standard InChI is InChI=1S/C24H17N3O4S/c28-13-12-26(16-6-2-1-3-7-16)21(29)15-10-11-19-20(14-15)32-24(25-19)27-22(30)17-8-4-5-9-18(17)23(27)31/h1-11,14,28H,12-13H2. The van der Waals surface area contributed by atoms with Crippen LogP contribution in [0.3, 0.4) is 0 Å². The summed E-state index contributed by atoms with van der Waals surface area (Å²) in [4.78, 5) is 45.8. The van der Waals surface area contributed by atoms with Crippen molar-refractivity contribution in [2.45, 2.75) is 0 Å². The van der Waals surface area contributed by atoms with Gasteiger partial charge in [0.05, 0.1) is 28.0 Å². The van der Waals surface area contributed by atoms with Crippen molar-refractivity contribution in [2.24, 2.45) is 0 Å². The van der Waals surface area contributed by atoms with Crippen LogP contribution in [0.4, 0.5) is 10.8 Å². The van der Waals surface area contributed by atoms with Gasteiger partial charge in [-0.1, -0.05) is 41.7 Å². The van der Waals surface area contributed by atoms with Gasteiger partial charge in [0.2, 0.25) is 5.13 Å². The minimum Gasteiger partial charge on any atom is -0.395 e. The van der Waals surface area contributed by atoms with Gasteiger partial charge in [-0.25, -0.2) is 9.88 Å². The van der Waals surface area contributed by atoms with E-state index in [-0.39, 0.29) is 24.2 Å². The maximum atomic E-state index is 13.2. The molecule has 7 nitrogen and oxygen atoms in total. The second-order valence-electron chi connectivity index (χ2n) is 7.19. The van der Waals surface area contributed by atoms with Crippen LogP contribution in [0.1, 0.15) is 31.1 Å². The number of anilines is 2. The van der Waals surface area contributed by atoms with Crippen LogP contribution in [0.25, 0.3) is 10.2 Å². The molecule has 1 aliphatic rings. The van der Waals surface area contributed by atoms with Crippen LogP contribution in [-0.2, 0) is 0 Å². The van der Waals surface area contributed by atoms with E-state index in [0.717, 1.165) is 4.90 Å². The van der Waals surface area contributed by atoms with Crippen LogP contribution < -0.4 is 9.80 Å². The van der Waals surface area contributed by atoms with Crippen molar-refractivity contribution in [2.75, 3.05) is 23.0 Å². The summed E-state index contributed by atoms with van der Waals surface area (Å²) in [6.45, 7) is -0.0167. The number of fused-ring (bicyclic) bond motifs is 2. The summed E-state index contributed by atoms with van der Waals surface area (Å²) < 4.78 is 0.680. The van der Waals surface area contributed by atoms with Gasteiger partial charge < -0.3 is 10.0 Å². The summed E-state index contributed by atoms with van der Waals surface area (Å²) in [7, 11) is 0. The quantitative estimate of drug-likeness (QED) is 0.475. The van der Waals surface area contributed by atoms with Crippen LogP contribution in [0, 0.1) is 0 Å².